The molecule has 2 amide bonds. The van der Waals surface area contributed by atoms with Crippen LogP contribution < -0.4 is 9.04 Å². The van der Waals surface area contributed by atoms with Crippen molar-refractivity contribution in [1.29, 1.82) is 0 Å². The summed E-state index contributed by atoms with van der Waals surface area (Å²) in [6, 6.07) is 3.60. The number of benzene rings is 1. The van der Waals surface area contributed by atoms with E-state index in [4.69, 9.17) is 16.3 Å². The van der Waals surface area contributed by atoms with Gasteiger partial charge >= 0.3 is 0 Å². The topological polar surface area (TPSA) is 87.2 Å². The fraction of sp³-hybridized carbons (Fsp3) is 0.500. The summed E-state index contributed by atoms with van der Waals surface area (Å²) in [5.41, 5.74) is 0.204. The Labute approximate surface area is 158 Å². The minimum Gasteiger partial charge on any atom is -0.495 e. The van der Waals surface area contributed by atoms with E-state index in [0.717, 1.165) is 17.0 Å². The Bertz CT molecular complexity index is 778. The maximum atomic E-state index is 12.9. The van der Waals surface area contributed by atoms with E-state index in [2.05, 4.69) is 0 Å². The van der Waals surface area contributed by atoms with Crippen molar-refractivity contribution < 1.29 is 22.7 Å². The van der Waals surface area contributed by atoms with Crippen LogP contribution in [0.1, 0.15) is 6.92 Å². The van der Waals surface area contributed by atoms with Gasteiger partial charge in [0.25, 0.3) is 0 Å². The zero-order valence-corrected chi connectivity index (χ0v) is 16.5. The largest absolute Gasteiger partial charge is 0.495 e. The Morgan fingerprint density at radius 1 is 1.31 bits per heavy atom. The Kier molecular flexibility index (Phi) is 6.35. The number of methoxy groups -OCH3 is 1. The highest BCUT2D eigenvalue weighted by Gasteiger charge is 2.34. The summed E-state index contributed by atoms with van der Waals surface area (Å²) >= 11 is 6.02. The van der Waals surface area contributed by atoms with Crippen molar-refractivity contribution in [2.75, 3.05) is 43.8 Å². The van der Waals surface area contributed by atoms with E-state index in [9.17, 15) is 18.0 Å². The van der Waals surface area contributed by atoms with Gasteiger partial charge in [-0.15, -0.1) is 0 Å². The molecule has 0 spiro atoms. The number of ether oxygens (including phenoxy) is 1. The molecule has 26 heavy (non-hydrogen) atoms. The van der Waals surface area contributed by atoms with Gasteiger partial charge in [-0.2, -0.15) is 0 Å². The van der Waals surface area contributed by atoms with Crippen LogP contribution in [0.2, 0.25) is 5.02 Å². The summed E-state index contributed by atoms with van der Waals surface area (Å²) in [6.45, 7) is 3.07. The molecule has 0 aliphatic carbocycles. The number of rotatable bonds is 6. The number of nitrogens with zero attached hydrogens (tertiary/aromatic N) is 3. The van der Waals surface area contributed by atoms with E-state index < -0.39 is 16.1 Å². The molecule has 0 N–H and O–H groups in total. The molecule has 0 saturated carbocycles. The van der Waals surface area contributed by atoms with Gasteiger partial charge in [-0.3, -0.25) is 13.9 Å². The first-order valence-corrected chi connectivity index (χ1v) is 10.2. The van der Waals surface area contributed by atoms with E-state index in [1.54, 1.807) is 21.9 Å². The Morgan fingerprint density at radius 2 is 1.92 bits per heavy atom. The summed E-state index contributed by atoms with van der Waals surface area (Å²) in [5, 5.41) is 0.327. The number of hydrogen-bond acceptors (Lipinski definition) is 5. The number of sulfonamides is 1. The SMILES string of the molecule is COc1ccc(Cl)cc1N([C@H](C)C(=O)N1CCN(C=O)CC1)S(C)(=O)=O. The third-order valence-electron chi connectivity index (χ3n) is 4.22. The van der Waals surface area contributed by atoms with Crippen molar-refractivity contribution in [2.24, 2.45) is 0 Å². The lowest BCUT2D eigenvalue weighted by atomic mass is 10.2. The van der Waals surface area contributed by atoms with Crippen molar-refractivity contribution in [3.63, 3.8) is 0 Å². The molecule has 0 unspecified atom stereocenters. The minimum absolute atomic E-state index is 0.204. The third-order valence-corrected chi connectivity index (χ3v) is 5.68. The molecule has 1 aromatic carbocycles. The molecule has 0 bridgehead atoms. The number of amides is 2. The van der Waals surface area contributed by atoms with Crippen LogP contribution in [0, 0.1) is 0 Å². The van der Waals surface area contributed by atoms with E-state index in [-0.39, 0.29) is 11.6 Å². The van der Waals surface area contributed by atoms with Gasteiger partial charge in [0.05, 0.1) is 19.1 Å². The van der Waals surface area contributed by atoms with Crippen molar-refractivity contribution in [3.05, 3.63) is 23.2 Å². The van der Waals surface area contributed by atoms with Gasteiger partial charge < -0.3 is 14.5 Å². The lowest BCUT2D eigenvalue weighted by molar-refractivity contribution is -0.135. The van der Waals surface area contributed by atoms with Crippen LogP contribution in [0.15, 0.2) is 18.2 Å². The second-order valence-corrected chi connectivity index (χ2v) is 8.31. The lowest BCUT2D eigenvalue weighted by Gasteiger charge is -2.37. The van der Waals surface area contributed by atoms with Crippen LogP contribution in [-0.4, -0.2) is 76.1 Å². The summed E-state index contributed by atoms with van der Waals surface area (Å²) in [5.74, 6) is -0.0479. The first-order chi connectivity index (χ1) is 12.2. The monoisotopic (exact) mass is 403 g/mol. The summed E-state index contributed by atoms with van der Waals surface area (Å²) in [4.78, 5) is 26.8. The lowest BCUT2D eigenvalue weighted by Crippen LogP contribution is -2.55. The molecule has 1 atom stereocenters. The number of carbonyl (C=O) groups is 2. The van der Waals surface area contributed by atoms with Crippen LogP contribution in [-0.2, 0) is 19.6 Å². The summed E-state index contributed by atoms with van der Waals surface area (Å²) in [6.07, 6.45) is 1.77. The average Bonchev–Trinajstić information content (AvgIpc) is 2.60. The van der Waals surface area contributed by atoms with Crippen molar-refractivity contribution >= 4 is 39.6 Å². The second-order valence-electron chi connectivity index (χ2n) is 6.02. The molecule has 1 aromatic rings. The van der Waals surface area contributed by atoms with E-state index in [0.29, 0.717) is 37.0 Å². The van der Waals surface area contributed by atoms with E-state index >= 15 is 0 Å². The quantitative estimate of drug-likeness (QED) is 0.656. The molecule has 0 radical (unpaired) electrons. The van der Waals surface area contributed by atoms with Crippen LogP contribution >= 0.6 is 11.6 Å². The molecular formula is C16H22ClN3O5S. The zero-order chi connectivity index (χ0) is 19.5. The molecule has 1 saturated heterocycles. The highest BCUT2D eigenvalue weighted by molar-refractivity contribution is 7.92. The van der Waals surface area contributed by atoms with Gasteiger partial charge in [0, 0.05) is 31.2 Å². The molecule has 10 heteroatoms. The summed E-state index contributed by atoms with van der Waals surface area (Å²) in [7, 11) is -2.37. The molecule has 8 nitrogen and oxygen atoms in total. The van der Waals surface area contributed by atoms with Crippen molar-refractivity contribution in [2.45, 2.75) is 13.0 Å². The molecule has 1 fully saturated rings. The van der Waals surface area contributed by atoms with Crippen molar-refractivity contribution in [3.8, 4) is 5.75 Å². The average molecular weight is 404 g/mol. The fourth-order valence-corrected chi connectivity index (χ4v) is 4.25. The highest BCUT2D eigenvalue weighted by Crippen LogP contribution is 2.34. The van der Waals surface area contributed by atoms with Gasteiger partial charge in [0.15, 0.2) is 0 Å². The van der Waals surface area contributed by atoms with Crippen LogP contribution in [0.25, 0.3) is 0 Å². The molecule has 144 valence electrons. The van der Waals surface area contributed by atoms with E-state index in [1.807, 2.05) is 0 Å². The minimum atomic E-state index is -3.79. The maximum absolute atomic E-state index is 12.9. The van der Waals surface area contributed by atoms with Crippen molar-refractivity contribution in [1.82, 2.24) is 9.80 Å². The smallest absolute Gasteiger partial charge is 0.246 e. The fourth-order valence-electron chi connectivity index (χ4n) is 2.92. The second kappa shape index (κ2) is 8.13. The zero-order valence-electron chi connectivity index (χ0n) is 14.9. The highest BCUT2D eigenvalue weighted by atomic mass is 35.5. The predicted molar refractivity (Wildman–Crippen MR) is 99.0 cm³/mol. The molecule has 1 heterocycles. The number of anilines is 1. The Balaban J connectivity index is 2.35. The normalized spacial score (nSPS) is 16.2. The predicted octanol–water partition coefficient (Wildman–Crippen LogP) is 0.804. The van der Waals surface area contributed by atoms with Gasteiger partial charge in [0.2, 0.25) is 22.3 Å². The third kappa shape index (κ3) is 4.39. The summed E-state index contributed by atoms with van der Waals surface area (Å²) < 4.78 is 31.1. The number of piperazine rings is 1. The molecule has 1 aliphatic rings. The maximum Gasteiger partial charge on any atom is 0.246 e. The molecule has 1 aliphatic heterocycles. The van der Waals surface area contributed by atoms with Gasteiger partial charge in [0.1, 0.15) is 11.8 Å². The van der Waals surface area contributed by atoms with Crippen LogP contribution in [0.3, 0.4) is 0 Å². The van der Waals surface area contributed by atoms with Gasteiger partial charge in [-0.25, -0.2) is 8.42 Å². The first-order valence-electron chi connectivity index (χ1n) is 8.00. The Hall–Kier alpha value is -2.00. The number of carbonyl (C=O) groups excluding carboxylic acids is 2. The van der Waals surface area contributed by atoms with Crippen LogP contribution in [0.5, 0.6) is 5.75 Å². The van der Waals surface area contributed by atoms with Gasteiger partial charge in [-0.05, 0) is 25.1 Å². The Morgan fingerprint density at radius 3 is 2.42 bits per heavy atom. The van der Waals surface area contributed by atoms with E-state index in [1.165, 1.54) is 20.1 Å². The van der Waals surface area contributed by atoms with Gasteiger partial charge in [-0.1, -0.05) is 11.6 Å². The molecule has 0 aromatic heterocycles. The van der Waals surface area contributed by atoms with Crippen LogP contribution in [0.4, 0.5) is 5.69 Å². The first kappa shape index (κ1) is 20.3. The molecular weight excluding hydrogens is 382 g/mol. The number of halogens is 1. The standard InChI is InChI=1S/C16H22ClN3O5S/c1-12(16(22)19-8-6-18(11-21)7-9-19)20(26(3,23)24)14-10-13(17)4-5-15(14)25-2/h4-5,10-12H,6-9H2,1-3H3/t12-/m1/s1. The molecule has 2 rings (SSSR count). The number of hydrogen-bond donors (Lipinski definition) is 0.